The van der Waals surface area contributed by atoms with Crippen molar-refractivity contribution in [3.63, 3.8) is 0 Å². The highest BCUT2D eigenvalue weighted by Gasteiger charge is 2.45. The Labute approximate surface area is 167 Å². The molecule has 2 amide bonds. The molecule has 1 aliphatic carbocycles. The maximum atomic E-state index is 12.7. The first-order valence-corrected chi connectivity index (χ1v) is 10.2. The highest BCUT2D eigenvalue weighted by Crippen LogP contribution is 2.39. The molecule has 158 valence electrons. The van der Waals surface area contributed by atoms with Crippen molar-refractivity contribution in [1.82, 2.24) is 10.2 Å². The molecule has 1 atom stereocenters. The molecule has 1 spiro atoms. The Morgan fingerprint density at radius 3 is 2.31 bits per heavy atom. The molecular formula is C21H25F3N2O3. The summed E-state index contributed by atoms with van der Waals surface area (Å²) in [7, 11) is 0. The first-order valence-electron chi connectivity index (χ1n) is 10.2. The van der Waals surface area contributed by atoms with Crippen molar-refractivity contribution < 1.29 is 27.5 Å². The number of ether oxygens (including phenoxy) is 1. The number of hydrogen-bond donors (Lipinski definition) is 1. The van der Waals surface area contributed by atoms with Crippen LogP contribution in [0.25, 0.3) is 0 Å². The second-order valence-electron chi connectivity index (χ2n) is 8.38. The number of nitrogens with one attached hydrogen (secondary N) is 1. The minimum absolute atomic E-state index is 0.0444. The van der Waals surface area contributed by atoms with Crippen LogP contribution in [0.4, 0.5) is 13.2 Å². The highest BCUT2D eigenvalue weighted by atomic mass is 19.4. The van der Waals surface area contributed by atoms with Crippen LogP contribution in [0.3, 0.4) is 0 Å². The van der Waals surface area contributed by atoms with Gasteiger partial charge in [-0.2, -0.15) is 13.2 Å². The number of benzene rings is 1. The Balaban J connectivity index is 1.29. The lowest BCUT2D eigenvalue weighted by atomic mass is 9.88. The fraction of sp³-hybridized carbons (Fsp3) is 0.619. The van der Waals surface area contributed by atoms with Crippen LogP contribution in [0, 0.1) is 5.92 Å². The smallest absolute Gasteiger partial charge is 0.362 e. The average molecular weight is 410 g/mol. The highest BCUT2D eigenvalue weighted by molar-refractivity contribution is 5.94. The lowest BCUT2D eigenvalue weighted by molar-refractivity contribution is -0.140. The Bertz CT molecular complexity index is 766. The van der Waals surface area contributed by atoms with Gasteiger partial charge < -0.3 is 15.0 Å². The lowest BCUT2D eigenvalue weighted by Gasteiger charge is -2.39. The molecule has 0 aromatic heterocycles. The van der Waals surface area contributed by atoms with E-state index in [1.165, 1.54) is 25.0 Å². The monoisotopic (exact) mass is 410 g/mol. The molecule has 8 heteroatoms. The molecule has 1 aromatic carbocycles. The van der Waals surface area contributed by atoms with Gasteiger partial charge in [0.15, 0.2) is 0 Å². The molecule has 2 aliphatic heterocycles. The molecule has 0 bridgehead atoms. The Kier molecular flexibility index (Phi) is 5.31. The van der Waals surface area contributed by atoms with E-state index >= 15 is 0 Å². The first-order chi connectivity index (χ1) is 13.8. The molecule has 5 nitrogen and oxygen atoms in total. The van der Waals surface area contributed by atoms with E-state index in [0.29, 0.717) is 38.3 Å². The SMILES string of the molecule is O=C(NCC1CC1)[C@@H]1CCC2(CCN(C(=O)c3ccc(C(F)(F)F)cc3)CC2)O1. The zero-order chi connectivity index (χ0) is 20.6. The number of likely N-dealkylation sites (tertiary alicyclic amines) is 1. The van der Waals surface area contributed by atoms with Gasteiger partial charge in [-0.25, -0.2) is 0 Å². The number of carbonyl (C=O) groups excluding carboxylic acids is 2. The van der Waals surface area contributed by atoms with Crippen LogP contribution >= 0.6 is 0 Å². The van der Waals surface area contributed by atoms with Crippen molar-refractivity contribution in [2.75, 3.05) is 19.6 Å². The van der Waals surface area contributed by atoms with Crippen molar-refractivity contribution in [2.24, 2.45) is 5.92 Å². The van der Waals surface area contributed by atoms with Gasteiger partial charge in [0, 0.05) is 25.2 Å². The summed E-state index contributed by atoms with van der Waals surface area (Å²) in [6.07, 6.45) is 0.251. The van der Waals surface area contributed by atoms with E-state index in [1.54, 1.807) is 4.90 Å². The van der Waals surface area contributed by atoms with Gasteiger partial charge >= 0.3 is 6.18 Å². The van der Waals surface area contributed by atoms with Gasteiger partial charge in [0.25, 0.3) is 5.91 Å². The number of nitrogens with zero attached hydrogens (tertiary/aromatic N) is 1. The molecule has 0 unspecified atom stereocenters. The number of rotatable bonds is 4. The first kappa shape index (κ1) is 20.2. The summed E-state index contributed by atoms with van der Waals surface area (Å²) in [5, 5.41) is 2.96. The summed E-state index contributed by atoms with van der Waals surface area (Å²) in [5.41, 5.74) is -0.894. The third-order valence-corrected chi connectivity index (χ3v) is 6.23. The van der Waals surface area contributed by atoms with E-state index in [0.717, 1.165) is 25.1 Å². The third kappa shape index (κ3) is 4.57. The number of carbonyl (C=O) groups is 2. The molecule has 3 aliphatic rings. The predicted molar refractivity (Wildman–Crippen MR) is 99.2 cm³/mol. The van der Waals surface area contributed by atoms with Gasteiger partial charge in [-0.05, 0) is 68.7 Å². The van der Waals surface area contributed by atoms with Gasteiger partial charge in [-0.1, -0.05) is 0 Å². The zero-order valence-electron chi connectivity index (χ0n) is 16.1. The molecule has 2 saturated heterocycles. The Morgan fingerprint density at radius 2 is 1.72 bits per heavy atom. The summed E-state index contributed by atoms with van der Waals surface area (Å²) >= 11 is 0. The van der Waals surface area contributed by atoms with Crippen molar-refractivity contribution in [3.8, 4) is 0 Å². The molecule has 1 aromatic rings. The lowest BCUT2D eigenvalue weighted by Crippen LogP contribution is -2.47. The Morgan fingerprint density at radius 1 is 1.07 bits per heavy atom. The van der Waals surface area contributed by atoms with Crippen LogP contribution in [-0.2, 0) is 15.7 Å². The minimum atomic E-state index is -4.42. The summed E-state index contributed by atoms with van der Waals surface area (Å²) in [4.78, 5) is 26.6. The average Bonchev–Trinajstić information content (AvgIpc) is 3.45. The maximum absolute atomic E-state index is 12.7. The number of halogens is 3. The van der Waals surface area contributed by atoms with Crippen LogP contribution < -0.4 is 5.32 Å². The molecule has 4 rings (SSSR count). The van der Waals surface area contributed by atoms with Crippen LogP contribution in [-0.4, -0.2) is 48.1 Å². The van der Waals surface area contributed by atoms with Crippen LogP contribution in [0.5, 0.6) is 0 Å². The van der Waals surface area contributed by atoms with Crippen molar-refractivity contribution in [1.29, 1.82) is 0 Å². The number of alkyl halides is 3. The summed E-state index contributed by atoms with van der Waals surface area (Å²) < 4.78 is 44.2. The van der Waals surface area contributed by atoms with E-state index < -0.39 is 17.8 Å². The number of hydrogen-bond acceptors (Lipinski definition) is 3. The van der Waals surface area contributed by atoms with E-state index in [9.17, 15) is 22.8 Å². The fourth-order valence-corrected chi connectivity index (χ4v) is 4.15. The number of amides is 2. The largest absolute Gasteiger partial charge is 0.416 e. The predicted octanol–water partition coefficient (Wildman–Crippen LogP) is 3.39. The van der Waals surface area contributed by atoms with E-state index in [-0.39, 0.29) is 23.0 Å². The zero-order valence-corrected chi connectivity index (χ0v) is 16.1. The molecule has 0 radical (unpaired) electrons. The van der Waals surface area contributed by atoms with Gasteiger partial charge in [0.1, 0.15) is 6.10 Å². The van der Waals surface area contributed by atoms with Crippen molar-refractivity contribution in [3.05, 3.63) is 35.4 Å². The standard InChI is InChI=1S/C21H25F3N2O3/c22-21(23,24)16-5-3-15(4-6-16)19(28)26-11-9-20(10-12-26)8-7-17(29-20)18(27)25-13-14-1-2-14/h3-6,14,17H,1-2,7-13H2,(H,25,27)/t17-/m0/s1. The summed E-state index contributed by atoms with van der Waals surface area (Å²) in [5.74, 6) is 0.302. The molecule has 1 N–H and O–H groups in total. The Hall–Kier alpha value is -2.09. The second-order valence-corrected chi connectivity index (χ2v) is 8.38. The van der Waals surface area contributed by atoms with Crippen LogP contribution in [0.15, 0.2) is 24.3 Å². The second kappa shape index (κ2) is 7.63. The van der Waals surface area contributed by atoms with Gasteiger partial charge in [-0.3, -0.25) is 9.59 Å². The third-order valence-electron chi connectivity index (χ3n) is 6.23. The van der Waals surface area contributed by atoms with Crippen molar-refractivity contribution in [2.45, 2.75) is 56.4 Å². The van der Waals surface area contributed by atoms with Gasteiger partial charge in [0.2, 0.25) is 5.91 Å². The molecule has 3 fully saturated rings. The fourth-order valence-electron chi connectivity index (χ4n) is 4.15. The summed E-state index contributed by atoms with van der Waals surface area (Å²) in [6, 6.07) is 4.32. The molecule has 29 heavy (non-hydrogen) atoms. The van der Waals surface area contributed by atoms with Gasteiger partial charge in [0.05, 0.1) is 11.2 Å². The van der Waals surface area contributed by atoms with E-state index in [1.807, 2.05) is 0 Å². The number of piperidine rings is 1. The van der Waals surface area contributed by atoms with Crippen molar-refractivity contribution >= 4 is 11.8 Å². The summed E-state index contributed by atoms with van der Waals surface area (Å²) in [6.45, 7) is 1.66. The quantitative estimate of drug-likeness (QED) is 0.828. The minimum Gasteiger partial charge on any atom is -0.362 e. The normalized spacial score (nSPS) is 24.0. The maximum Gasteiger partial charge on any atom is 0.416 e. The molecular weight excluding hydrogens is 385 g/mol. The topological polar surface area (TPSA) is 58.6 Å². The molecule has 2 heterocycles. The van der Waals surface area contributed by atoms with Gasteiger partial charge in [-0.15, -0.1) is 0 Å². The van der Waals surface area contributed by atoms with Crippen LogP contribution in [0.1, 0.15) is 54.4 Å². The van der Waals surface area contributed by atoms with E-state index in [4.69, 9.17) is 4.74 Å². The molecule has 1 saturated carbocycles. The van der Waals surface area contributed by atoms with Crippen LogP contribution in [0.2, 0.25) is 0 Å². The van der Waals surface area contributed by atoms with E-state index in [2.05, 4.69) is 5.32 Å².